The van der Waals surface area contributed by atoms with Gasteiger partial charge in [0.05, 0.1) is 41.7 Å². The molecule has 1 atom stereocenters. The quantitative estimate of drug-likeness (QED) is 0.264. The van der Waals surface area contributed by atoms with Crippen molar-refractivity contribution in [1.29, 1.82) is 0 Å². The molecule has 2 aromatic carbocycles. The minimum Gasteiger partial charge on any atom is -0.490 e. The van der Waals surface area contributed by atoms with Gasteiger partial charge in [0.2, 0.25) is 0 Å². The first-order valence-electron chi connectivity index (χ1n) is 12.8. The van der Waals surface area contributed by atoms with Crippen LogP contribution in [0.5, 0.6) is 17.2 Å². The highest BCUT2D eigenvalue weighted by Crippen LogP contribution is 2.36. The van der Waals surface area contributed by atoms with E-state index in [9.17, 15) is 9.59 Å². The topological polar surface area (TPSA) is 88.3 Å². The second-order valence-corrected chi connectivity index (χ2v) is 9.55. The zero-order valence-electron chi connectivity index (χ0n) is 22.6. The van der Waals surface area contributed by atoms with Crippen LogP contribution in [0.3, 0.4) is 0 Å². The Bertz CT molecular complexity index is 1570. The second kappa shape index (κ2) is 12.6. The summed E-state index contributed by atoms with van der Waals surface area (Å²) in [6, 6.07) is 12.2. The van der Waals surface area contributed by atoms with Gasteiger partial charge in [0.1, 0.15) is 12.4 Å². The van der Waals surface area contributed by atoms with Gasteiger partial charge in [-0.15, -0.1) is 0 Å². The lowest BCUT2D eigenvalue weighted by Crippen LogP contribution is -2.40. The highest BCUT2D eigenvalue weighted by molar-refractivity contribution is 7.07. The first-order chi connectivity index (χ1) is 18.9. The van der Waals surface area contributed by atoms with E-state index in [1.807, 2.05) is 56.3 Å². The summed E-state index contributed by atoms with van der Waals surface area (Å²) in [6.07, 6.45) is 3.49. The summed E-state index contributed by atoms with van der Waals surface area (Å²) < 4.78 is 24.6. The molecule has 0 N–H and O–H groups in total. The van der Waals surface area contributed by atoms with Gasteiger partial charge in [0.15, 0.2) is 16.3 Å². The third kappa shape index (κ3) is 5.98. The second-order valence-electron chi connectivity index (χ2n) is 8.54. The Morgan fingerprint density at radius 3 is 2.41 bits per heavy atom. The molecule has 39 heavy (non-hydrogen) atoms. The molecule has 1 aliphatic heterocycles. The van der Waals surface area contributed by atoms with Gasteiger partial charge >= 0.3 is 5.97 Å². The molecular formula is C30H32N2O6S. The van der Waals surface area contributed by atoms with Gasteiger partial charge in [-0.3, -0.25) is 9.36 Å². The van der Waals surface area contributed by atoms with Crippen molar-refractivity contribution in [1.82, 2.24) is 4.57 Å². The lowest BCUT2D eigenvalue weighted by Gasteiger charge is -2.25. The maximum atomic E-state index is 13.8. The van der Waals surface area contributed by atoms with Gasteiger partial charge < -0.3 is 18.9 Å². The first-order valence-corrected chi connectivity index (χ1v) is 13.7. The van der Waals surface area contributed by atoms with Gasteiger partial charge in [0.25, 0.3) is 5.56 Å². The molecule has 2 heterocycles. The van der Waals surface area contributed by atoms with Crippen LogP contribution in [-0.2, 0) is 9.53 Å². The molecule has 1 aliphatic rings. The molecule has 0 radical (unpaired) electrons. The molecule has 3 aromatic rings. The van der Waals surface area contributed by atoms with Crippen LogP contribution in [0.4, 0.5) is 0 Å². The Balaban J connectivity index is 1.87. The molecule has 1 unspecified atom stereocenters. The number of thiazole rings is 1. The van der Waals surface area contributed by atoms with E-state index in [4.69, 9.17) is 18.9 Å². The van der Waals surface area contributed by atoms with Crippen molar-refractivity contribution >= 4 is 23.4 Å². The van der Waals surface area contributed by atoms with Crippen LogP contribution in [-0.4, -0.2) is 37.0 Å². The van der Waals surface area contributed by atoms with Crippen molar-refractivity contribution in [3.8, 4) is 17.2 Å². The van der Waals surface area contributed by atoms with E-state index >= 15 is 0 Å². The Labute approximate surface area is 231 Å². The van der Waals surface area contributed by atoms with Gasteiger partial charge in [-0.1, -0.05) is 42.2 Å². The van der Waals surface area contributed by atoms with E-state index in [1.54, 1.807) is 30.6 Å². The number of aromatic nitrogens is 1. The fourth-order valence-electron chi connectivity index (χ4n) is 4.31. The smallest absolute Gasteiger partial charge is 0.338 e. The number of benzene rings is 2. The zero-order chi connectivity index (χ0) is 27.9. The summed E-state index contributed by atoms with van der Waals surface area (Å²) in [4.78, 5) is 32.1. The summed E-state index contributed by atoms with van der Waals surface area (Å²) in [5.74, 6) is 1.33. The van der Waals surface area contributed by atoms with E-state index in [0.29, 0.717) is 63.2 Å². The van der Waals surface area contributed by atoms with Gasteiger partial charge in [0, 0.05) is 0 Å². The van der Waals surface area contributed by atoms with E-state index in [2.05, 4.69) is 11.6 Å². The summed E-state index contributed by atoms with van der Waals surface area (Å²) in [7, 11) is 0. The lowest BCUT2D eigenvalue weighted by molar-refractivity contribution is -0.139. The molecule has 0 saturated heterocycles. The van der Waals surface area contributed by atoms with Crippen molar-refractivity contribution in [2.45, 2.75) is 33.7 Å². The van der Waals surface area contributed by atoms with Gasteiger partial charge in [-0.25, -0.2) is 9.79 Å². The van der Waals surface area contributed by atoms with Gasteiger partial charge in [-0.2, -0.15) is 0 Å². The molecule has 0 amide bonds. The van der Waals surface area contributed by atoms with Crippen LogP contribution in [0, 0.1) is 0 Å². The summed E-state index contributed by atoms with van der Waals surface area (Å²) >= 11 is 1.27. The van der Waals surface area contributed by atoms with Crippen molar-refractivity contribution < 1.29 is 23.7 Å². The average Bonchev–Trinajstić information content (AvgIpc) is 3.22. The minimum atomic E-state index is -0.744. The average molecular weight is 549 g/mol. The molecule has 8 nitrogen and oxygen atoms in total. The predicted octanol–water partition coefficient (Wildman–Crippen LogP) is 4.16. The molecule has 0 aliphatic carbocycles. The molecule has 1 aromatic heterocycles. The maximum Gasteiger partial charge on any atom is 0.338 e. The third-order valence-corrected chi connectivity index (χ3v) is 6.93. The SMILES string of the molecule is C=CCOc1ccc(C=c2sc3n(c2=O)C(c2ccc(OCC)c(OCC)c2)C(C(=O)OCC)=C(C)N=3)cc1. The van der Waals surface area contributed by atoms with Crippen molar-refractivity contribution in [3.63, 3.8) is 0 Å². The number of nitrogens with zero attached hydrogens (tertiary/aromatic N) is 2. The molecule has 9 heteroatoms. The largest absolute Gasteiger partial charge is 0.490 e. The fraction of sp³-hybridized carbons (Fsp3) is 0.300. The summed E-state index contributed by atoms with van der Waals surface area (Å²) in [5, 5.41) is 0. The molecule has 0 fully saturated rings. The lowest BCUT2D eigenvalue weighted by atomic mass is 9.95. The molecule has 0 bridgehead atoms. The zero-order valence-corrected chi connectivity index (χ0v) is 23.4. The Kier molecular flexibility index (Phi) is 9.03. The number of esters is 1. The Hall–Kier alpha value is -4.11. The number of carbonyl (C=O) groups is 1. The monoisotopic (exact) mass is 548 g/mol. The molecule has 204 valence electrons. The fourth-order valence-corrected chi connectivity index (χ4v) is 5.36. The van der Waals surface area contributed by atoms with E-state index < -0.39 is 12.0 Å². The highest BCUT2D eigenvalue weighted by atomic mass is 32.1. The van der Waals surface area contributed by atoms with Crippen LogP contribution >= 0.6 is 11.3 Å². The van der Waals surface area contributed by atoms with Crippen LogP contribution in [0.1, 0.15) is 44.9 Å². The first kappa shape index (κ1) is 27.9. The number of hydrogen-bond acceptors (Lipinski definition) is 8. The number of allylic oxidation sites excluding steroid dienone is 1. The third-order valence-electron chi connectivity index (χ3n) is 5.95. The van der Waals surface area contributed by atoms with Crippen LogP contribution in [0.2, 0.25) is 0 Å². The molecule has 4 rings (SSSR count). The van der Waals surface area contributed by atoms with Crippen LogP contribution < -0.4 is 29.1 Å². The van der Waals surface area contributed by atoms with Crippen molar-refractivity contribution in [2.24, 2.45) is 4.99 Å². The molecule has 0 spiro atoms. The van der Waals surface area contributed by atoms with Crippen molar-refractivity contribution in [3.05, 3.63) is 97.2 Å². The molecular weight excluding hydrogens is 516 g/mol. The number of hydrogen-bond donors (Lipinski definition) is 0. The van der Waals surface area contributed by atoms with E-state index in [-0.39, 0.29) is 12.2 Å². The number of carbonyl (C=O) groups excluding carboxylic acids is 1. The van der Waals surface area contributed by atoms with Crippen molar-refractivity contribution in [2.75, 3.05) is 26.4 Å². The Morgan fingerprint density at radius 2 is 1.74 bits per heavy atom. The van der Waals surface area contributed by atoms with Gasteiger partial charge in [-0.05, 0) is 69.2 Å². The number of rotatable bonds is 11. The minimum absolute atomic E-state index is 0.201. The van der Waals surface area contributed by atoms with Crippen LogP contribution in [0.25, 0.3) is 6.08 Å². The van der Waals surface area contributed by atoms with Crippen LogP contribution in [0.15, 0.2) is 76.2 Å². The molecule has 0 saturated carbocycles. The maximum absolute atomic E-state index is 13.8. The summed E-state index contributed by atoms with van der Waals surface area (Å²) in [5.41, 5.74) is 2.09. The van der Waals surface area contributed by atoms with E-state index in [1.165, 1.54) is 11.3 Å². The standard InChI is InChI=1S/C30H32N2O6S/c1-6-16-38-22-13-10-20(11-14-22)17-25-28(33)32-27(21-12-15-23(35-7-2)24(18-21)36-8-3)26(29(34)37-9-4)19(5)31-30(32)39-25/h6,10-15,17-18,27H,1,7-9,16H2,2-5H3. The normalized spacial score (nSPS) is 14.9. The summed E-state index contributed by atoms with van der Waals surface area (Å²) in [6.45, 7) is 12.5. The Morgan fingerprint density at radius 1 is 1.03 bits per heavy atom. The highest BCUT2D eigenvalue weighted by Gasteiger charge is 2.34. The number of ether oxygens (including phenoxy) is 4. The number of fused-ring (bicyclic) bond motifs is 1. The predicted molar refractivity (Wildman–Crippen MR) is 151 cm³/mol. The van der Waals surface area contributed by atoms with E-state index in [0.717, 1.165) is 5.56 Å².